The molecule has 32 heavy (non-hydrogen) atoms. The molecule has 1 aromatic heterocycles. The second-order valence-corrected chi connectivity index (χ2v) is 7.57. The third-order valence-electron chi connectivity index (χ3n) is 4.64. The molecule has 2 aromatic rings. The molecule has 0 spiro atoms. The van der Waals surface area contributed by atoms with Gasteiger partial charge in [-0.15, -0.1) is 0 Å². The van der Waals surface area contributed by atoms with Crippen molar-refractivity contribution in [3.8, 4) is 0 Å². The highest BCUT2D eigenvalue weighted by molar-refractivity contribution is 7.99. The molecule has 1 aliphatic heterocycles. The predicted molar refractivity (Wildman–Crippen MR) is 112 cm³/mol. The summed E-state index contributed by atoms with van der Waals surface area (Å²) in [4.78, 5) is 34.5. The molecule has 7 nitrogen and oxygen atoms in total. The molecule has 2 amide bonds. The molecule has 11 heteroatoms. The van der Waals surface area contributed by atoms with Crippen LogP contribution < -0.4 is 5.32 Å². The molecular formula is C21H21F3N4O3S. The largest absolute Gasteiger partial charge is 0.463 e. The van der Waals surface area contributed by atoms with Gasteiger partial charge >= 0.3 is 18.2 Å². The van der Waals surface area contributed by atoms with Gasteiger partial charge in [-0.1, -0.05) is 42.1 Å². The molecule has 0 fully saturated rings. The quantitative estimate of drug-likeness (QED) is 0.374. The van der Waals surface area contributed by atoms with E-state index in [0.717, 1.165) is 24.0 Å². The first kappa shape index (κ1) is 23.6. The Morgan fingerprint density at radius 2 is 1.94 bits per heavy atom. The second-order valence-electron chi connectivity index (χ2n) is 6.63. The molecule has 0 radical (unpaired) electrons. The zero-order valence-corrected chi connectivity index (χ0v) is 18.2. The van der Waals surface area contributed by atoms with Gasteiger partial charge in [-0.2, -0.15) is 13.2 Å². The summed E-state index contributed by atoms with van der Waals surface area (Å²) in [6, 6.07) is 8.51. The lowest BCUT2D eigenvalue weighted by atomic mass is 9.95. The SMILES string of the molecule is CCOC(=O)C1=C(CSc2nccc(C(F)(F)F)n2)N(CC)C(=O)NC1c1ccccc1. The minimum atomic E-state index is -4.60. The van der Waals surface area contributed by atoms with E-state index >= 15 is 0 Å². The Kier molecular flexibility index (Phi) is 7.39. The smallest absolute Gasteiger partial charge is 0.433 e. The molecule has 170 valence electrons. The van der Waals surface area contributed by atoms with Crippen LogP contribution in [0.3, 0.4) is 0 Å². The number of aromatic nitrogens is 2. The van der Waals surface area contributed by atoms with E-state index in [2.05, 4.69) is 15.3 Å². The zero-order chi connectivity index (χ0) is 23.3. The van der Waals surface area contributed by atoms with Gasteiger partial charge in [0.15, 0.2) is 5.16 Å². The third-order valence-corrected chi connectivity index (χ3v) is 5.52. The van der Waals surface area contributed by atoms with E-state index in [9.17, 15) is 22.8 Å². The fraction of sp³-hybridized carbons (Fsp3) is 0.333. The first-order valence-corrected chi connectivity index (χ1v) is 10.8. The van der Waals surface area contributed by atoms with E-state index in [1.54, 1.807) is 38.1 Å². The Balaban J connectivity index is 2.03. The number of ether oxygens (including phenoxy) is 1. The average molecular weight is 466 g/mol. The van der Waals surface area contributed by atoms with Crippen LogP contribution in [0.2, 0.25) is 0 Å². The molecule has 0 aliphatic carbocycles. The summed E-state index contributed by atoms with van der Waals surface area (Å²) in [6.45, 7) is 3.77. The van der Waals surface area contributed by atoms with Gasteiger partial charge in [0.05, 0.1) is 18.2 Å². The topological polar surface area (TPSA) is 84.4 Å². The molecule has 1 aliphatic rings. The Labute approximate surface area is 187 Å². The monoisotopic (exact) mass is 466 g/mol. The molecule has 0 saturated carbocycles. The van der Waals surface area contributed by atoms with Crippen LogP contribution in [0.1, 0.15) is 31.1 Å². The fourth-order valence-corrected chi connectivity index (χ4v) is 4.11. The van der Waals surface area contributed by atoms with E-state index in [1.807, 2.05) is 6.07 Å². The third kappa shape index (κ3) is 5.21. The van der Waals surface area contributed by atoms with Crippen LogP contribution in [-0.4, -0.2) is 45.8 Å². The van der Waals surface area contributed by atoms with Gasteiger partial charge in [-0.3, -0.25) is 4.90 Å². The minimum absolute atomic E-state index is 0.0000513. The number of rotatable bonds is 7. The Hall–Kier alpha value is -3.08. The molecule has 1 atom stereocenters. The first-order chi connectivity index (χ1) is 15.3. The van der Waals surface area contributed by atoms with Crippen LogP contribution in [0.4, 0.5) is 18.0 Å². The van der Waals surface area contributed by atoms with Gasteiger partial charge in [-0.05, 0) is 25.5 Å². The molecule has 1 unspecified atom stereocenters. The van der Waals surface area contributed by atoms with E-state index in [-0.39, 0.29) is 29.6 Å². The van der Waals surface area contributed by atoms with Crippen molar-refractivity contribution in [2.45, 2.75) is 31.2 Å². The van der Waals surface area contributed by atoms with Crippen LogP contribution >= 0.6 is 11.8 Å². The number of benzene rings is 1. The van der Waals surface area contributed by atoms with Crippen LogP contribution in [0.15, 0.2) is 59.0 Å². The normalized spacial score (nSPS) is 16.7. The number of nitrogens with zero attached hydrogens (tertiary/aromatic N) is 3. The zero-order valence-electron chi connectivity index (χ0n) is 17.3. The number of amides is 2. The van der Waals surface area contributed by atoms with Crippen molar-refractivity contribution < 1.29 is 27.5 Å². The van der Waals surface area contributed by atoms with E-state index in [4.69, 9.17) is 4.74 Å². The summed E-state index contributed by atoms with van der Waals surface area (Å²) in [5, 5.41) is 2.70. The van der Waals surface area contributed by atoms with Crippen molar-refractivity contribution in [2.24, 2.45) is 0 Å². The second kappa shape index (κ2) is 10.0. The summed E-state index contributed by atoms with van der Waals surface area (Å²) in [5.41, 5.74) is 0.177. The number of carbonyl (C=O) groups is 2. The Bertz CT molecular complexity index is 1010. The van der Waals surface area contributed by atoms with Gasteiger partial charge in [0.2, 0.25) is 0 Å². The summed E-state index contributed by atoms with van der Waals surface area (Å²) in [6.07, 6.45) is -3.58. The van der Waals surface area contributed by atoms with Crippen molar-refractivity contribution >= 4 is 23.8 Å². The van der Waals surface area contributed by atoms with Crippen LogP contribution in [0, 0.1) is 0 Å². The van der Waals surface area contributed by atoms with E-state index < -0.39 is 29.9 Å². The van der Waals surface area contributed by atoms with Crippen molar-refractivity contribution in [3.63, 3.8) is 0 Å². The fourth-order valence-electron chi connectivity index (χ4n) is 3.24. The van der Waals surface area contributed by atoms with Gasteiger partial charge < -0.3 is 10.1 Å². The maximum atomic E-state index is 13.0. The highest BCUT2D eigenvalue weighted by Crippen LogP contribution is 2.34. The van der Waals surface area contributed by atoms with E-state index in [1.165, 1.54) is 4.90 Å². The lowest BCUT2D eigenvalue weighted by Gasteiger charge is -2.36. The lowest BCUT2D eigenvalue weighted by Crippen LogP contribution is -2.49. The molecule has 0 saturated heterocycles. The number of thioether (sulfide) groups is 1. The molecule has 1 aromatic carbocycles. The Morgan fingerprint density at radius 1 is 1.22 bits per heavy atom. The van der Waals surface area contributed by atoms with Crippen LogP contribution in [0.5, 0.6) is 0 Å². The number of carbonyl (C=O) groups excluding carboxylic acids is 2. The number of nitrogens with one attached hydrogen (secondary N) is 1. The first-order valence-electron chi connectivity index (χ1n) is 9.82. The average Bonchev–Trinajstić information content (AvgIpc) is 2.77. The summed E-state index contributed by atoms with van der Waals surface area (Å²) in [5.74, 6) is -0.611. The molecule has 2 heterocycles. The predicted octanol–water partition coefficient (Wildman–Crippen LogP) is 4.19. The maximum Gasteiger partial charge on any atom is 0.433 e. The summed E-state index contributed by atoms with van der Waals surface area (Å²) >= 11 is 0.905. The highest BCUT2D eigenvalue weighted by atomic mass is 32.2. The minimum Gasteiger partial charge on any atom is -0.463 e. The van der Waals surface area contributed by atoms with Crippen LogP contribution in [0.25, 0.3) is 0 Å². The van der Waals surface area contributed by atoms with E-state index in [0.29, 0.717) is 11.3 Å². The molecular weight excluding hydrogens is 445 g/mol. The number of urea groups is 1. The van der Waals surface area contributed by atoms with Gasteiger partial charge in [-0.25, -0.2) is 19.6 Å². The maximum absolute atomic E-state index is 13.0. The number of esters is 1. The highest BCUT2D eigenvalue weighted by Gasteiger charge is 2.38. The number of alkyl halides is 3. The van der Waals surface area contributed by atoms with Crippen molar-refractivity contribution in [1.82, 2.24) is 20.2 Å². The Morgan fingerprint density at radius 3 is 2.56 bits per heavy atom. The van der Waals surface area contributed by atoms with Gasteiger partial charge in [0.25, 0.3) is 0 Å². The van der Waals surface area contributed by atoms with Crippen molar-refractivity contribution in [2.75, 3.05) is 18.9 Å². The lowest BCUT2D eigenvalue weighted by molar-refractivity contribution is -0.141. The van der Waals surface area contributed by atoms with Gasteiger partial charge in [0.1, 0.15) is 5.69 Å². The van der Waals surface area contributed by atoms with Crippen molar-refractivity contribution in [3.05, 3.63) is 65.1 Å². The summed E-state index contributed by atoms with van der Waals surface area (Å²) in [7, 11) is 0. The van der Waals surface area contributed by atoms with Gasteiger partial charge in [0, 0.05) is 24.2 Å². The summed E-state index contributed by atoms with van der Waals surface area (Å²) < 4.78 is 44.2. The number of halogens is 3. The number of hydrogen-bond acceptors (Lipinski definition) is 6. The molecule has 3 rings (SSSR count). The number of hydrogen-bond donors (Lipinski definition) is 1. The van der Waals surface area contributed by atoms with Crippen LogP contribution in [-0.2, 0) is 15.7 Å². The molecule has 1 N–H and O–H groups in total. The standard InChI is InChI=1S/C21H21F3N4O3S/c1-3-28-14(12-32-19-25-11-10-15(26-19)21(22,23)24)16(18(29)31-4-2)17(27-20(28)30)13-8-6-5-7-9-13/h5-11,17H,3-4,12H2,1-2H3,(H,27,30). The molecule has 0 bridgehead atoms. The van der Waals surface area contributed by atoms with Crippen molar-refractivity contribution in [1.29, 1.82) is 0 Å².